The molecule has 26 heavy (non-hydrogen) atoms. The highest BCUT2D eigenvalue weighted by Gasteiger charge is 2.23. The van der Waals surface area contributed by atoms with Crippen molar-refractivity contribution < 1.29 is 23.4 Å². The highest BCUT2D eigenvalue weighted by atomic mass is 19.1. The second kappa shape index (κ2) is 8.49. The van der Waals surface area contributed by atoms with Crippen LogP contribution in [-0.4, -0.2) is 38.0 Å². The largest absolute Gasteiger partial charge is 0.467 e. The quantitative estimate of drug-likeness (QED) is 0.737. The molecule has 0 aromatic heterocycles. The predicted octanol–water partition coefficient (Wildman–Crippen LogP) is 3.84. The van der Waals surface area contributed by atoms with Crippen molar-refractivity contribution in [1.29, 1.82) is 0 Å². The minimum Gasteiger partial charge on any atom is -0.467 e. The molecular formula is C20H20FNO4. The number of carbonyl (C=O) groups excluding carboxylic acids is 1. The molecule has 2 aromatic carbocycles. The molecule has 1 heterocycles. The van der Waals surface area contributed by atoms with E-state index in [1.807, 2.05) is 36.4 Å². The van der Waals surface area contributed by atoms with Crippen molar-refractivity contribution in [3.8, 4) is 5.75 Å². The normalized spacial score (nSPS) is 13.5. The molecule has 6 heteroatoms. The second-order valence-electron chi connectivity index (χ2n) is 5.84. The Morgan fingerprint density at radius 3 is 2.77 bits per heavy atom. The lowest BCUT2D eigenvalue weighted by atomic mass is 10.1. The monoisotopic (exact) mass is 357 g/mol. The summed E-state index contributed by atoms with van der Waals surface area (Å²) in [7, 11) is 1.50. The fourth-order valence-electron chi connectivity index (χ4n) is 2.70. The molecule has 0 atom stereocenters. The van der Waals surface area contributed by atoms with Gasteiger partial charge >= 0.3 is 6.09 Å². The van der Waals surface area contributed by atoms with E-state index in [1.54, 1.807) is 11.0 Å². The Hall–Kier alpha value is -2.86. The van der Waals surface area contributed by atoms with Crippen LogP contribution in [0.1, 0.15) is 11.1 Å². The third-order valence-electron chi connectivity index (χ3n) is 4.00. The van der Waals surface area contributed by atoms with Gasteiger partial charge in [0.2, 0.25) is 0 Å². The summed E-state index contributed by atoms with van der Waals surface area (Å²) < 4.78 is 29.2. The van der Waals surface area contributed by atoms with E-state index in [2.05, 4.69) is 0 Å². The summed E-state index contributed by atoms with van der Waals surface area (Å²) in [6, 6.07) is 13.8. The van der Waals surface area contributed by atoms with Crippen molar-refractivity contribution in [1.82, 2.24) is 4.90 Å². The van der Waals surface area contributed by atoms with E-state index in [0.717, 1.165) is 16.7 Å². The van der Waals surface area contributed by atoms with Crippen molar-refractivity contribution >= 4 is 11.7 Å². The molecule has 136 valence electrons. The number of ether oxygens (including phenoxy) is 3. The van der Waals surface area contributed by atoms with Gasteiger partial charge < -0.3 is 19.1 Å². The van der Waals surface area contributed by atoms with Crippen LogP contribution in [-0.2, 0) is 16.1 Å². The second-order valence-corrected chi connectivity index (χ2v) is 5.84. The summed E-state index contributed by atoms with van der Waals surface area (Å²) in [6.45, 7) is 1.06. The van der Waals surface area contributed by atoms with Gasteiger partial charge in [0.05, 0.1) is 0 Å². The van der Waals surface area contributed by atoms with Gasteiger partial charge in [0, 0.05) is 31.8 Å². The molecule has 0 bridgehead atoms. The van der Waals surface area contributed by atoms with E-state index in [-0.39, 0.29) is 19.5 Å². The van der Waals surface area contributed by atoms with Crippen molar-refractivity contribution in [2.45, 2.75) is 6.61 Å². The van der Waals surface area contributed by atoms with Gasteiger partial charge in [-0.25, -0.2) is 9.18 Å². The Morgan fingerprint density at radius 2 is 2.00 bits per heavy atom. The number of nitrogens with zero attached hydrogens (tertiary/aromatic N) is 1. The van der Waals surface area contributed by atoms with Gasteiger partial charge in [0.15, 0.2) is 6.79 Å². The fraction of sp³-hybridized carbons (Fsp3) is 0.250. The van der Waals surface area contributed by atoms with Crippen molar-refractivity contribution in [2.75, 3.05) is 27.0 Å². The summed E-state index contributed by atoms with van der Waals surface area (Å²) in [5, 5.41) is 0. The molecule has 1 amide bonds. The Balaban J connectivity index is 1.62. The minimum atomic E-state index is -0.391. The lowest BCUT2D eigenvalue weighted by molar-refractivity contribution is 0.0507. The number of hydrogen-bond acceptors (Lipinski definition) is 4. The summed E-state index contributed by atoms with van der Waals surface area (Å²) in [4.78, 5) is 13.9. The number of amides is 1. The number of methoxy groups -OCH3 is 1. The van der Waals surface area contributed by atoms with Crippen molar-refractivity contribution in [3.63, 3.8) is 0 Å². The van der Waals surface area contributed by atoms with E-state index in [1.165, 1.54) is 19.2 Å². The molecule has 0 fully saturated rings. The molecule has 2 aromatic rings. The number of hydrogen-bond donors (Lipinski definition) is 0. The molecule has 0 spiro atoms. The van der Waals surface area contributed by atoms with Crippen molar-refractivity contribution in [3.05, 3.63) is 71.6 Å². The summed E-state index contributed by atoms with van der Waals surface area (Å²) in [5.41, 5.74) is 2.55. The van der Waals surface area contributed by atoms with Gasteiger partial charge in [-0.1, -0.05) is 36.4 Å². The number of halogens is 1. The van der Waals surface area contributed by atoms with Gasteiger partial charge in [-0.05, 0) is 23.3 Å². The number of carbonyl (C=O) groups is 1. The highest BCUT2D eigenvalue weighted by Crippen LogP contribution is 2.30. The standard InChI is InChI=1S/C20H20FNO4/c1-24-14-26-19-11-17(21)7-8-18(19)16-9-10-22(12-16)20(23)25-13-15-5-3-2-4-6-15/h2-9,11H,10,12-14H2,1H3. The van der Waals surface area contributed by atoms with E-state index in [0.29, 0.717) is 18.8 Å². The Morgan fingerprint density at radius 1 is 1.19 bits per heavy atom. The first-order chi connectivity index (χ1) is 12.7. The van der Waals surface area contributed by atoms with Crippen LogP contribution in [0.3, 0.4) is 0 Å². The molecule has 5 nitrogen and oxygen atoms in total. The fourth-order valence-corrected chi connectivity index (χ4v) is 2.70. The van der Waals surface area contributed by atoms with Crippen LogP contribution in [0.15, 0.2) is 54.6 Å². The SMILES string of the molecule is COCOc1cc(F)ccc1C1=CCN(C(=O)OCc2ccccc2)C1. The average molecular weight is 357 g/mol. The third kappa shape index (κ3) is 4.40. The summed E-state index contributed by atoms with van der Waals surface area (Å²) in [6.07, 6.45) is 1.53. The van der Waals surface area contributed by atoms with E-state index in [4.69, 9.17) is 14.2 Å². The zero-order chi connectivity index (χ0) is 18.4. The first-order valence-electron chi connectivity index (χ1n) is 8.23. The smallest absolute Gasteiger partial charge is 0.410 e. The number of rotatable bonds is 6. The van der Waals surface area contributed by atoms with Crippen molar-refractivity contribution in [2.24, 2.45) is 0 Å². The number of benzene rings is 2. The maximum absolute atomic E-state index is 13.5. The molecule has 3 rings (SSSR count). The molecule has 0 N–H and O–H groups in total. The van der Waals surface area contributed by atoms with Crippen LogP contribution in [0.2, 0.25) is 0 Å². The Bertz CT molecular complexity index is 792. The molecule has 1 aliphatic rings. The molecule has 0 aliphatic carbocycles. The zero-order valence-corrected chi connectivity index (χ0v) is 14.5. The van der Waals surface area contributed by atoms with Gasteiger partial charge in [-0.2, -0.15) is 0 Å². The molecule has 0 saturated heterocycles. The maximum atomic E-state index is 13.5. The van der Waals surface area contributed by atoms with E-state index >= 15 is 0 Å². The third-order valence-corrected chi connectivity index (χ3v) is 4.00. The topological polar surface area (TPSA) is 48.0 Å². The van der Waals surface area contributed by atoms with Gasteiger partial charge in [-0.15, -0.1) is 0 Å². The van der Waals surface area contributed by atoms with Gasteiger partial charge in [0.25, 0.3) is 0 Å². The average Bonchev–Trinajstić information content (AvgIpc) is 3.15. The van der Waals surface area contributed by atoms with Crippen LogP contribution in [0.4, 0.5) is 9.18 Å². The molecular weight excluding hydrogens is 337 g/mol. The lowest BCUT2D eigenvalue weighted by Gasteiger charge is -2.17. The van der Waals surface area contributed by atoms with Crippen LogP contribution in [0.25, 0.3) is 5.57 Å². The first-order valence-corrected chi connectivity index (χ1v) is 8.23. The zero-order valence-electron chi connectivity index (χ0n) is 14.5. The summed E-state index contributed by atoms with van der Waals surface area (Å²) in [5.74, 6) is -0.00446. The van der Waals surface area contributed by atoms with Crippen LogP contribution in [0, 0.1) is 5.82 Å². The predicted molar refractivity (Wildman–Crippen MR) is 95.1 cm³/mol. The minimum absolute atomic E-state index is 0.0204. The maximum Gasteiger partial charge on any atom is 0.410 e. The van der Waals surface area contributed by atoms with E-state index < -0.39 is 5.82 Å². The van der Waals surface area contributed by atoms with Crippen LogP contribution in [0.5, 0.6) is 5.75 Å². The Labute approximate surface area is 151 Å². The van der Waals surface area contributed by atoms with Gasteiger partial charge in [-0.3, -0.25) is 0 Å². The van der Waals surface area contributed by atoms with Crippen LogP contribution >= 0.6 is 0 Å². The van der Waals surface area contributed by atoms with Gasteiger partial charge in [0.1, 0.15) is 18.2 Å². The van der Waals surface area contributed by atoms with Crippen LogP contribution < -0.4 is 4.74 Å². The highest BCUT2D eigenvalue weighted by molar-refractivity contribution is 5.79. The molecule has 0 saturated carbocycles. The lowest BCUT2D eigenvalue weighted by Crippen LogP contribution is -2.29. The Kier molecular flexibility index (Phi) is 5.86. The summed E-state index contributed by atoms with van der Waals surface area (Å²) >= 11 is 0. The first kappa shape index (κ1) is 17.9. The molecule has 1 aliphatic heterocycles. The molecule has 0 radical (unpaired) electrons. The van der Waals surface area contributed by atoms with E-state index in [9.17, 15) is 9.18 Å². The molecule has 0 unspecified atom stereocenters.